The highest BCUT2D eigenvalue weighted by atomic mass is 35.5. The quantitative estimate of drug-likeness (QED) is 0.225. The predicted octanol–water partition coefficient (Wildman–Crippen LogP) is 2.77. The van der Waals surface area contributed by atoms with E-state index < -0.39 is 37.3 Å². The molecule has 0 saturated heterocycles. The number of hydrogen-bond donors (Lipinski definition) is 3. The van der Waals surface area contributed by atoms with E-state index in [9.17, 15) is 21.6 Å². The third-order valence-corrected chi connectivity index (χ3v) is 8.65. The first-order valence-corrected chi connectivity index (χ1v) is 14.2. The molecule has 0 radical (unpaired) electrons. The summed E-state index contributed by atoms with van der Waals surface area (Å²) in [6, 6.07) is 11.5. The molecule has 1 amide bonds. The van der Waals surface area contributed by atoms with Gasteiger partial charge in [0.15, 0.2) is 5.82 Å². The number of pyridine rings is 1. The summed E-state index contributed by atoms with van der Waals surface area (Å²) >= 11 is 5.92. The first-order chi connectivity index (χ1) is 18.3. The Balaban J connectivity index is 1.48. The summed E-state index contributed by atoms with van der Waals surface area (Å²) in [5.41, 5.74) is 1.31. The van der Waals surface area contributed by atoms with Crippen molar-refractivity contribution in [2.24, 2.45) is 0 Å². The number of nitrogens with one attached hydrogen (secondary N) is 1. The van der Waals surface area contributed by atoms with Crippen molar-refractivity contribution in [3.05, 3.63) is 71.2 Å². The van der Waals surface area contributed by atoms with Gasteiger partial charge in [-0.2, -0.15) is 16.8 Å². The Bertz CT molecular complexity index is 1700. The first-order valence-electron chi connectivity index (χ1n) is 10.8. The molecule has 0 bridgehead atoms. The normalized spacial score (nSPS) is 12.0. The lowest BCUT2D eigenvalue weighted by Gasteiger charge is -2.20. The molecule has 0 unspecified atom stereocenters. The van der Waals surface area contributed by atoms with Gasteiger partial charge in [0, 0.05) is 24.0 Å². The average Bonchev–Trinajstić information content (AvgIpc) is 3.37. The number of rotatable bonds is 10. The second-order valence-electron chi connectivity index (χ2n) is 8.13. The van der Waals surface area contributed by atoms with Crippen molar-refractivity contribution in [3.63, 3.8) is 0 Å². The topological polar surface area (TPSA) is 202 Å². The zero-order valence-corrected chi connectivity index (χ0v) is 22.3. The van der Waals surface area contributed by atoms with Crippen molar-refractivity contribution in [1.82, 2.24) is 20.1 Å². The molecule has 4 aromatic rings. The number of nitrogens with zero attached hydrogens (tertiary/aromatic N) is 4. The van der Waals surface area contributed by atoms with Crippen LogP contribution in [0.2, 0.25) is 5.02 Å². The fourth-order valence-electron chi connectivity index (χ4n) is 3.39. The molecule has 14 nitrogen and oxygen atoms in total. The molecule has 0 aliphatic heterocycles. The number of ether oxygens (including phenoxy) is 1. The molecule has 0 aliphatic carbocycles. The van der Waals surface area contributed by atoms with Crippen molar-refractivity contribution in [2.45, 2.75) is 11.2 Å². The van der Waals surface area contributed by atoms with Crippen LogP contribution >= 0.6 is 11.6 Å². The molecule has 0 aliphatic rings. The summed E-state index contributed by atoms with van der Waals surface area (Å²) in [6.45, 7) is -1.14. The van der Waals surface area contributed by atoms with E-state index in [1.807, 2.05) is 0 Å². The molecule has 0 atom stereocenters. The first kappa shape index (κ1) is 28.2. The second kappa shape index (κ2) is 11.1. The van der Waals surface area contributed by atoms with Crippen LogP contribution < -0.4 is 10.1 Å². The van der Waals surface area contributed by atoms with E-state index in [2.05, 4.69) is 20.5 Å². The molecule has 0 fully saturated rings. The fourth-order valence-corrected chi connectivity index (χ4v) is 5.57. The molecule has 4 rings (SSSR count). The number of hydrogen-bond acceptors (Lipinski definition) is 11. The molecule has 3 N–H and O–H groups in total. The highest BCUT2D eigenvalue weighted by molar-refractivity contribution is 8.04. The molecule has 39 heavy (non-hydrogen) atoms. The summed E-state index contributed by atoms with van der Waals surface area (Å²) in [5, 5.41) is 12.5. The van der Waals surface area contributed by atoms with Crippen LogP contribution in [0.25, 0.3) is 11.0 Å². The number of amides is 1. The average molecular weight is 598 g/mol. The number of carbonyl (C=O) groups excluding carboxylic acids is 1. The van der Waals surface area contributed by atoms with Gasteiger partial charge in [-0.15, -0.1) is 10.2 Å². The molecular weight excluding hydrogens is 578 g/mol. The van der Waals surface area contributed by atoms with Crippen LogP contribution in [0, 0.1) is 0 Å². The lowest BCUT2D eigenvalue weighted by molar-refractivity contribution is 0.0794. The zero-order chi connectivity index (χ0) is 28.4. The standard InChI is InChI=1S/C22H20ClN5O9S2/c1-28(11-18(38(30,31)32)39(33,34)35)22(29)17-10-13(6-8-24-17)12-37-21-19-16(7-9-36-19)20(26-27-21)25-15-4-2-14(23)3-5-15/h2-10,18H,11-12H2,1H3,(H,25,26)(H,30,31,32)(H,33,34,35). The van der Waals surface area contributed by atoms with Crippen molar-refractivity contribution in [1.29, 1.82) is 0 Å². The number of halogens is 1. The number of anilines is 2. The van der Waals surface area contributed by atoms with Gasteiger partial charge >= 0.3 is 0 Å². The maximum atomic E-state index is 12.7. The minimum Gasteiger partial charge on any atom is -0.469 e. The van der Waals surface area contributed by atoms with Gasteiger partial charge in [0.25, 0.3) is 32.0 Å². The molecular formula is C22H20ClN5O9S2. The Hall–Kier alpha value is -3.83. The number of benzene rings is 1. The van der Waals surface area contributed by atoms with Gasteiger partial charge in [-0.25, -0.2) is 0 Å². The molecule has 1 aromatic carbocycles. The van der Waals surface area contributed by atoms with Gasteiger partial charge in [-0.1, -0.05) is 11.6 Å². The van der Waals surface area contributed by atoms with E-state index in [-0.39, 0.29) is 18.2 Å². The SMILES string of the molecule is CN(CC(S(=O)(=O)O)S(=O)(=O)O)C(=O)c1cc(COc2nnc(Nc3ccc(Cl)cc3)c3ccoc23)ccn1. The second-order valence-corrected chi connectivity index (χ2v) is 12.1. The monoisotopic (exact) mass is 597 g/mol. The van der Waals surface area contributed by atoms with Crippen LogP contribution in [0.1, 0.15) is 16.1 Å². The molecule has 0 saturated carbocycles. The Kier molecular flexibility index (Phi) is 8.03. The minimum absolute atomic E-state index is 0.0719. The summed E-state index contributed by atoms with van der Waals surface area (Å²) < 4.78 is 72.3. The maximum absolute atomic E-state index is 12.7. The van der Waals surface area contributed by atoms with Gasteiger partial charge in [0.05, 0.1) is 18.2 Å². The van der Waals surface area contributed by atoms with Crippen LogP contribution in [0.15, 0.2) is 59.3 Å². The van der Waals surface area contributed by atoms with Crippen LogP contribution in [0.3, 0.4) is 0 Å². The van der Waals surface area contributed by atoms with Gasteiger partial charge in [0.1, 0.15) is 12.3 Å². The third-order valence-electron chi connectivity index (χ3n) is 5.32. The Morgan fingerprint density at radius 2 is 1.79 bits per heavy atom. The molecule has 3 aromatic heterocycles. The largest absolute Gasteiger partial charge is 0.469 e. The van der Waals surface area contributed by atoms with Gasteiger partial charge in [-0.05, 0) is 48.0 Å². The van der Waals surface area contributed by atoms with E-state index in [0.717, 1.165) is 12.7 Å². The number of fused-ring (bicyclic) bond motifs is 1. The highest BCUT2D eigenvalue weighted by Crippen LogP contribution is 2.31. The molecule has 0 spiro atoms. The Labute approximate surface area is 227 Å². The molecule has 206 valence electrons. The predicted molar refractivity (Wildman–Crippen MR) is 139 cm³/mol. The highest BCUT2D eigenvalue weighted by Gasteiger charge is 2.37. The molecule has 17 heteroatoms. The van der Waals surface area contributed by atoms with Gasteiger partial charge in [-0.3, -0.25) is 18.9 Å². The number of aromatic nitrogens is 3. The van der Waals surface area contributed by atoms with Crippen LogP contribution in [-0.4, -0.2) is 70.1 Å². The summed E-state index contributed by atoms with van der Waals surface area (Å²) in [6.07, 6.45) is 2.73. The van der Waals surface area contributed by atoms with Crippen LogP contribution in [0.4, 0.5) is 11.5 Å². The zero-order valence-electron chi connectivity index (χ0n) is 19.9. The van der Waals surface area contributed by atoms with Crippen molar-refractivity contribution in [3.8, 4) is 5.88 Å². The van der Waals surface area contributed by atoms with E-state index >= 15 is 0 Å². The number of furan rings is 1. The van der Waals surface area contributed by atoms with Crippen LogP contribution in [0.5, 0.6) is 5.88 Å². The van der Waals surface area contributed by atoms with Crippen molar-refractivity contribution < 1.29 is 39.9 Å². The van der Waals surface area contributed by atoms with Crippen molar-refractivity contribution >= 4 is 60.2 Å². The summed E-state index contributed by atoms with van der Waals surface area (Å²) in [4.78, 5) is 17.3. The lowest BCUT2D eigenvalue weighted by atomic mass is 10.2. The Morgan fingerprint density at radius 3 is 2.46 bits per heavy atom. The molecule has 3 heterocycles. The minimum atomic E-state index is -5.22. The van der Waals surface area contributed by atoms with E-state index in [4.69, 9.17) is 29.9 Å². The van der Waals surface area contributed by atoms with Gasteiger partial charge < -0.3 is 19.4 Å². The maximum Gasteiger partial charge on any atom is 0.286 e. The Morgan fingerprint density at radius 1 is 1.10 bits per heavy atom. The van der Waals surface area contributed by atoms with Crippen molar-refractivity contribution in [2.75, 3.05) is 18.9 Å². The van der Waals surface area contributed by atoms with E-state index in [0.29, 0.717) is 32.3 Å². The van der Waals surface area contributed by atoms with E-state index in [1.54, 1.807) is 36.4 Å². The summed E-state index contributed by atoms with van der Waals surface area (Å²) in [7, 11) is -9.36. The number of carbonyl (C=O) groups is 1. The van der Waals surface area contributed by atoms with Crippen LogP contribution in [-0.2, 0) is 26.8 Å². The van der Waals surface area contributed by atoms with Gasteiger partial charge in [0.2, 0.25) is 10.2 Å². The third kappa shape index (κ3) is 6.79. The lowest BCUT2D eigenvalue weighted by Crippen LogP contribution is -2.42. The summed E-state index contributed by atoms with van der Waals surface area (Å²) in [5.74, 6) is -0.385. The fraction of sp³-hybridized carbons (Fsp3) is 0.182. The van der Waals surface area contributed by atoms with E-state index in [1.165, 1.54) is 18.5 Å². The smallest absolute Gasteiger partial charge is 0.286 e.